The number of nitrogens with zero attached hydrogens (tertiary/aromatic N) is 1. The van der Waals surface area contributed by atoms with Crippen LogP contribution in [-0.4, -0.2) is 22.0 Å². The van der Waals surface area contributed by atoms with Gasteiger partial charge in [0, 0.05) is 17.3 Å². The molecule has 102 valence electrons. The molecule has 1 rings (SSSR count). The van der Waals surface area contributed by atoms with Crippen LogP contribution in [0.5, 0.6) is 0 Å². The SMILES string of the molecule is CCc1cccnc1CNC(=O)/C(C)=C(/C)C(=O)O. The molecule has 5 nitrogen and oxygen atoms in total. The van der Waals surface area contributed by atoms with E-state index >= 15 is 0 Å². The van der Waals surface area contributed by atoms with Crippen molar-refractivity contribution in [1.82, 2.24) is 10.3 Å². The zero-order valence-electron chi connectivity index (χ0n) is 11.4. The monoisotopic (exact) mass is 262 g/mol. The minimum absolute atomic E-state index is 0.0502. The normalized spacial score (nSPS) is 11.7. The number of hydrogen-bond donors (Lipinski definition) is 2. The van der Waals surface area contributed by atoms with Crippen LogP contribution in [0.1, 0.15) is 32.0 Å². The minimum atomic E-state index is -1.08. The van der Waals surface area contributed by atoms with E-state index in [1.165, 1.54) is 13.8 Å². The molecule has 1 heterocycles. The fourth-order valence-electron chi connectivity index (χ4n) is 1.58. The molecule has 19 heavy (non-hydrogen) atoms. The smallest absolute Gasteiger partial charge is 0.331 e. The van der Waals surface area contributed by atoms with Gasteiger partial charge in [0.2, 0.25) is 5.91 Å². The van der Waals surface area contributed by atoms with Crippen LogP contribution in [-0.2, 0) is 22.6 Å². The van der Waals surface area contributed by atoms with E-state index in [1.54, 1.807) is 6.20 Å². The number of carbonyl (C=O) groups is 2. The Hall–Kier alpha value is -2.17. The van der Waals surface area contributed by atoms with Crippen LogP contribution in [0.25, 0.3) is 0 Å². The molecular weight excluding hydrogens is 244 g/mol. The number of pyridine rings is 1. The van der Waals surface area contributed by atoms with Gasteiger partial charge in [0.25, 0.3) is 0 Å². The van der Waals surface area contributed by atoms with Gasteiger partial charge in [-0.3, -0.25) is 9.78 Å². The molecule has 0 atom stereocenters. The van der Waals surface area contributed by atoms with E-state index in [1.807, 2.05) is 19.1 Å². The van der Waals surface area contributed by atoms with Crippen LogP contribution in [0.2, 0.25) is 0 Å². The number of aromatic nitrogens is 1. The van der Waals surface area contributed by atoms with Crippen molar-refractivity contribution < 1.29 is 14.7 Å². The molecule has 0 fully saturated rings. The fourth-order valence-corrected chi connectivity index (χ4v) is 1.58. The van der Waals surface area contributed by atoms with Crippen molar-refractivity contribution in [3.05, 3.63) is 40.7 Å². The van der Waals surface area contributed by atoms with Gasteiger partial charge in [-0.2, -0.15) is 0 Å². The van der Waals surface area contributed by atoms with Crippen LogP contribution in [0, 0.1) is 0 Å². The zero-order chi connectivity index (χ0) is 14.4. The van der Waals surface area contributed by atoms with Crippen molar-refractivity contribution in [2.75, 3.05) is 0 Å². The molecule has 0 bridgehead atoms. The van der Waals surface area contributed by atoms with Gasteiger partial charge < -0.3 is 10.4 Å². The molecule has 0 radical (unpaired) electrons. The number of amides is 1. The van der Waals surface area contributed by atoms with Crippen molar-refractivity contribution >= 4 is 11.9 Å². The third kappa shape index (κ3) is 3.91. The molecule has 5 heteroatoms. The molecular formula is C14H18N2O3. The lowest BCUT2D eigenvalue weighted by Crippen LogP contribution is -2.26. The van der Waals surface area contributed by atoms with Crippen molar-refractivity contribution in [3.8, 4) is 0 Å². The molecule has 0 aliphatic heterocycles. The Labute approximate surface area is 112 Å². The first-order chi connectivity index (χ1) is 8.97. The van der Waals surface area contributed by atoms with Crippen LogP contribution in [0.15, 0.2) is 29.5 Å². The molecule has 2 N–H and O–H groups in total. The second kappa shape index (κ2) is 6.68. The summed E-state index contributed by atoms with van der Waals surface area (Å²) >= 11 is 0. The first kappa shape index (κ1) is 14.9. The first-order valence-electron chi connectivity index (χ1n) is 6.09. The number of aliphatic carboxylic acids is 1. The lowest BCUT2D eigenvalue weighted by Gasteiger charge is -2.09. The van der Waals surface area contributed by atoms with Crippen LogP contribution < -0.4 is 5.32 Å². The van der Waals surface area contributed by atoms with Gasteiger partial charge in [-0.05, 0) is 31.9 Å². The summed E-state index contributed by atoms with van der Waals surface area (Å²) in [4.78, 5) is 26.8. The number of nitrogens with one attached hydrogen (secondary N) is 1. The topological polar surface area (TPSA) is 79.3 Å². The second-order valence-electron chi connectivity index (χ2n) is 4.20. The van der Waals surface area contributed by atoms with Crippen molar-refractivity contribution in [2.45, 2.75) is 33.7 Å². The highest BCUT2D eigenvalue weighted by Crippen LogP contribution is 2.07. The fraction of sp³-hybridized carbons (Fsp3) is 0.357. The molecule has 0 aliphatic rings. The van der Waals surface area contributed by atoms with E-state index in [4.69, 9.17) is 5.11 Å². The standard InChI is InChI=1S/C14H18N2O3/c1-4-11-6-5-7-15-12(11)8-16-13(17)9(2)10(3)14(18)19/h5-7H,4,8H2,1-3H3,(H,16,17)(H,18,19)/b10-9-. The zero-order valence-corrected chi connectivity index (χ0v) is 11.4. The van der Waals surface area contributed by atoms with Gasteiger partial charge >= 0.3 is 5.97 Å². The van der Waals surface area contributed by atoms with E-state index < -0.39 is 5.97 Å². The summed E-state index contributed by atoms with van der Waals surface area (Å²) in [6, 6.07) is 3.81. The van der Waals surface area contributed by atoms with E-state index in [0.29, 0.717) is 6.54 Å². The average Bonchev–Trinajstić information content (AvgIpc) is 2.43. The maximum absolute atomic E-state index is 11.8. The highest BCUT2D eigenvalue weighted by Gasteiger charge is 2.12. The Morgan fingerprint density at radius 1 is 1.32 bits per heavy atom. The summed E-state index contributed by atoms with van der Waals surface area (Å²) in [6.45, 7) is 5.22. The van der Waals surface area contributed by atoms with E-state index in [-0.39, 0.29) is 17.1 Å². The average molecular weight is 262 g/mol. The van der Waals surface area contributed by atoms with Gasteiger partial charge in [-0.1, -0.05) is 13.0 Å². The Kier molecular flexibility index (Phi) is 5.23. The summed E-state index contributed by atoms with van der Waals surface area (Å²) < 4.78 is 0. The lowest BCUT2D eigenvalue weighted by atomic mass is 10.1. The molecule has 1 aromatic rings. The number of rotatable bonds is 5. The van der Waals surface area contributed by atoms with Crippen LogP contribution in [0.4, 0.5) is 0 Å². The molecule has 1 aromatic heterocycles. The first-order valence-corrected chi connectivity index (χ1v) is 6.09. The van der Waals surface area contributed by atoms with Gasteiger partial charge in [0.05, 0.1) is 12.2 Å². The largest absolute Gasteiger partial charge is 0.478 e. The van der Waals surface area contributed by atoms with Crippen molar-refractivity contribution in [2.24, 2.45) is 0 Å². The third-order valence-electron chi connectivity index (χ3n) is 3.01. The minimum Gasteiger partial charge on any atom is -0.478 e. The van der Waals surface area contributed by atoms with Crippen molar-refractivity contribution in [3.63, 3.8) is 0 Å². The maximum atomic E-state index is 11.8. The van der Waals surface area contributed by atoms with Gasteiger partial charge in [0.1, 0.15) is 0 Å². The maximum Gasteiger partial charge on any atom is 0.331 e. The van der Waals surface area contributed by atoms with Gasteiger partial charge in [-0.15, -0.1) is 0 Å². The van der Waals surface area contributed by atoms with Crippen molar-refractivity contribution in [1.29, 1.82) is 0 Å². The molecule has 1 amide bonds. The number of aryl methyl sites for hydroxylation is 1. The quantitative estimate of drug-likeness (QED) is 0.791. The van der Waals surface area contributed by atoms with Gasteiger partial charge in [-0.25, -0.2) is 4.79 Å². The Balaban J connectivity index is 2.75. The Morgan fingerprint density at radius 2 is 2.00 bits per heavy atom. The summed E-state index contributed by atoms with van der Waals surface area (Å²) in [7, 11) is 0. The summed E-state index contributed by atoms with van der Waals surface area (Å²) in [6.07, 6.45) is 2.51. The predicted octanol–water partition coefficient (Wildman–Crippen LogP) is 1.68. The molecule has 0 aliphatic carbocycles. The van der Waals surface area contributed by atoms with E-state index in [9.17, 15) is 9.59 Å². The highest BCUT2D eigenvalue weighted by molar-refractivity contribution is 6.01. The number of carboxylic acids is 1. The lowest BCUT2D eigenvalue weighted by molar-refractivity contribution is -0.133. The van der Waals surface area contributed by atoms with Crippen LogP contribution >= 0.6 is 0 Å². The Morgan fingerprint density at radius 3 is 2.58 bits per heavy atom. The van der Waals surface area contributed by atoms with E-state index in [2.05, 4.69) is 10.3 Å². The molecule has 0 spiro atoms. The summed E-state index contributed by atoms with van der Waals surface area (Å²) in [5.41, 5.74) is 2.13. The molecule has 0 saturated heterocycles. The van der Waals surface area contributed by atoms with Crippen LogP contribution in [0.3, 0.4) is 0 Å². The Bertz CT molecular complexity index is 521. The number of hydrogen-bond acceptors (Lipinski definition) is 3. The third-order valence-corrected chi connectivity index (χ3v) is 3.01. The second-order valence-corrected chi connectivity index (χ2v) is 4.20. The summed E-state index contributed by atoms with van der Waals surface area (Å²) in [5.74, 6) is -1.47. The number of carbonyl (C=O) groups excluding carboxylic acids is 1. The molecule has 0 saturated carbocycles. The number of carboxylic acid groups (broad SMARTS) is 1. The highest BCUT2D eigenvalue weighted by atomic mass is 16.4. The summed E-state index contributed by atoms with van der Waals surface area (Å²) in [5, 5.41) is 11.5. The molecule has 0 aromatic carbocycles. The predicted molar refractivity (Wildman–Crippen MR) is 71.5 cm³/mol. The van der Waals surface area contributed by atoms with Gasteiger partial charge in [0.15, 0.2) is 0 Å². The molecule has 0 unspecified atom stereocenters. The van der Waals surface area contributed by atoms with E-state index in [0.717, 1.165) is 17.7 Å².